The molecule has 1 N–H and O–H groups in total. The van der Waals surface area contributed by atoms with Gasteiger partial charge in [-0.1, -0.05) is 26.0 Å². The van der Waals surface area contributed by atoms with E-state index >= 15 is 0 Å². The summed E-state index contributed by atoms with van der Waals surface area (Å²) in [6, 6.07) is 6.92. The van der Waals surface area contributed by atoms with Gasteiger partial charge in [-0.05, 0) is 30.0 Å². The second kappa shape index (κ2) is 4.52. The van der Waals surface area contributed by atoms with Crippen molar-refractivity contribution in [2.45, 2.75) is 26.7 Å². The molecule has 0 aliphatic carbocycles. The number of halogens is 1. The number of rotatable bonds is 3. The molecule has 0 saturated carbocycles. The van der Waals surface area contributed by atoms with E-state index in [1.807, 2.05) is 0 Å². The maximum atomic E-state index is 5.63. The highest BCUT2D eigenvalue weighted by atomic mass is 35.5. The van der Waals surface area contributed by atoms with Crippen LogP contribution in [0.5, 0.6) is 0 Å². The van der Waals surface area contributed by atoms with Crippen molar-refractivity contribution >= 4 is 17.3 Å². The third-order valence-corrected chi connectivity index (χ3v) is 2.32. The predicted octanol–water partition coefficient (Wildman–Crippen LogP) is 3.73. The van der Waals surface area contributed by atoms with Crippen molar-refractivity contribution in [1.29, 1.82) is 0 Å². The number of anilines is 1. The Kier molecular flexibility index (Phi) is 3.61. The Balaban J connectivity index is 2.97. The van der Waals surface area contributed by atoms with E-state index in [0.29, 0.717) is 11.9 Å². The molecule has 0 bridgehead atoms. The van der Waals surface area contributed by atoms with E-state index < -0.39 is 0 Å². The molecule has 1 rings (SSSR count). The van der Waals surface area contributed by atoms with Gasteiger partial charge in [0.25, 0.3) is 0 Å². The topological polar surface area (TPSA) is 12.0 Å². The zero-order valence-electron chi connectivity index (χ0n) is 8.39. The lowest BCUT2D eigenvalue weighted by Crippen LogP contribution is -1.98. The Labute approximate surface area is 85.1 Å². The van der Waals surface area contributed by atoms with E-state index in [0.717, 1.165) is 5.69 Å². The van der Waals surface area contributed by atoms with Crippen molar-refractivity contribution < 1.29 is 0 Å². The van der Waals surface area contributed by atoms with Crippen LogP contribution in [0.4, 0.5) is 5.69 Å². The lowest BCUT2D eigenvalue weighted by Gasteiger charge is -2.11. The molecule has 0 unspecified atom stereocenters. The van der Waals surface area contributed by atoms with E-state index in [1.54, 1.807) is 0 Å². The van der Waals surface area contributed by atoms with Crippen LogP contribution in [0.2, 0.25) is 0 Å². The summed E-state index contributed by atoms with van der Waals surface area (Å²) >= 11 is 5.63. The Morgan fingerprint density at radius 1 is 1.38 bits per heavy atom. The average Bonchev–Trinajstić information content (AvgIpc) is 2.08. The summed E-state index contributed by atoms with van der Waals surface area (Å²) < 4.78 is 0. The van der Waals surface area contributed by atoms with E-state index in [2.05, 4.69) is 44.3 Å². The van der Waals surface area contributed by atoms with Crippen molar-refractivity contribution in [3.05, 3.63) is 29.3 Å². The molecule has 0 atom stereocenters. The molecular formula is C11H16ClN. The third-order valence-electron chi connectivity index (χ3n) is 2.19. The fourth-order valence-electron chi connectivity index (χ4n) is 1.26. The molecular weight excluding hydrogens is 182 g/mol. The molecule has 0 heterocycles. The molecule has 1 nitrogen and oxygen atoms in total. The Morgan fingerprint density at radius 2 is 2.08 bits per heavy atom. The summed E-state index contributed by atoms with van der Waals surface area (Å²) in [6.45, 7) is 6.46. The van der Waals surface area contributed by atoms with E-state index in [-0.39, 0.29) is 0 Å². The second-order valence-corrected chi connectivity index (χ2v) is 3.81. The van der Waals surface area contributed by atoms with Crippen LogP contribution >= 0.6 is 11.6 Å². The number of nitrogens with one attached hydrogen (secondary N) is 1. The number of hydrogen-bond donors (Lipinski definition) is 1. The van der Waals surface area contributed by atoms with Gasteiger partial charge < -0.3 is 5.32 Å². The molecule has 0 spiro atoms. The van der Waals surface area contributed by atoms with Crippen LogP contribution in [0, 0.1) is 6.92 Å². The van der Waals surface area contributed by atoms with E-state index in [1.165, 1.54) is 11.1 Å². The zero-order valence-corrected chi connectivity index (χ0v) is 9.15. The minimum Gasteiger partial charge on any atom is -0.371 e. The van der Waals surface area contributed by atoms with Gasteiger partial charge in [0.05, 0.1) is 6.00 Å². The number of hydrogen-bond acceptors (Lipinski definition) is 1. The first-order chi connectivity index (χ1) is 6.15. The van der Waals surface area contributed by atoms with Crippen molar-refractivity contribution in [2.75, 3.05) is 11.3 Å². The Bertz CT molecular complexity index is 281. The van der Waals surface area contributed by atoms with E-state index in [9.17, 15) is 0 Å². The molecule has 0 saturated heterocycles. The molecule has 0 radical (unpaired) electrons. The van der Waals surface area contributed by atoms with Crippen LogP contribution in [0.15, 0.2) is 18.2 Å². The lowest BCUT2D eigenvalue weighted by molar-refractivity contribution is 0.866. The molecule has 0 aliphatic rings. The molecule has 2 heteroatoms. The number of benzene rings is 1. The quantitative estimate of drug-likeness (QED) is 0.575. The normalized spacial score (nSPS) is 10.5. The fourth-order valence-corrected chi connectivity index (χ4v) is 1.41. The molecule has 1 aromatic carbocycles. The summed E-state index contributed by atoms with van der Waals surface area (Å²) in [5, 5.41) is 3.14. The third kappa shape index (κ3) is 2.63. The molecule has 0 amide bonds. The van der Waals surface area contributed by atoms with Gasteiger partial charge in [0.2, 0.25) is 0 Å². The monoisotopic (exact) mass is 197 g/mol. The molecule has 72 valence electrons. The Morgan fingerprint density at radius 3 is 2.62 bits per heavy atom. The highest BCUT2D eigenvalue weighted by Crippen LogP contribution is 2.22. The minimum atomic E-state index is 0.461. The van der Waals surface area contributed by atoms with E-state index in [4.69, 9.17) is 11.6 Å². The van der Waals surface area contributed by atoms with Gasteiger partial charge in [-0.2, -0.15) is 0 Å². The standard InChI is InChI=1S/C11H16ClN/c1-8(2)10-5-4-9(3)11(6-10)13-7-12/h4-6,8,13H,7H2,1-3H3. The summed E-state index contributed by atoms with van der Waals surface area (Å²) in [5.41, 5.74) is 3.73. The van der Waals surface area contributed by atoms with Gasteiger partial charge in [-0.3, -0.25) is 0 Å². The Hall–Kier alpha value is -0.690. The van der Waals surface area contributed by atoms with Gasteiger partial charge in [-0.25, -0.2) is 0 Å². The number of aryl methyl sites for hydroxylation is 1. The summed E-state index contributed by atoms with van der Waals surface area (Å²) in [5.74, 6) is 0.566. The van der Waals surface area contributed by atoms with Crippen LogP contribution in [-0.2, 0) is 0 Å². The molecule has 0 aliphatic heterocycles. The lowest BCUT2D eigenvalue weighted by atomic mass is 10.0. The first-order valence-electron chi connectivity index (χ1n) is 4.55. The van der Waals surface area contributed by atoms with Crippen molar-refractivity contribution in [2.24, 2.45) is 0 Å². The maximum Gasteiger partial charge on any atom is 0.0901 e. The predicted molar refractivity (Wildman–Crippen MR) is 59.6 cm³/mol. The summed E-state index contributed by atoms with van der Waals surface area (Å²) in [7, 11) is 0. The molecule has 0 fully saturated rings. The highest BCUT2D eigenvalue weighted by molar-refractivity contribution is 6.18. The van der Waals surface area contributed by atoms with Crippen LogP contribution < -0.4 is 5.32 Å². The second-order valence-electron chi connectivity index (χ2n) is 3.54. The SMILES string of the molecule is Cc1ccc(C(C)C)cc1NCCl. The minimum absolute atomic E-state index is 0.461. The van der Waals surface area contributed by atoms with Crippen LogP contribution in [0.3, 0.4) is 0 Å². The first kappa shape index (κ1) is 10.4. The van der Waals surface area contributed by atoms with Gasteiger partial charge in [0.1, 0.15) is 0 Å². The summed E-state index contributed by atoms with van der Waals surface area (Å²) in [4.78, 5) is 0. The fraction of sp³-hybridized carbons (Fsp3) is 0.455. The van der Waals surface area contributed by atoms with Crippen LogP contribution in [0.25, 0.3) is 0 Å². The highest BCUT2D eigenvalue weighted by Gasteiger charge is 2.02. The maximum absolute atomic E-state index is 5.63. The number of alkyl halides is 1. The van der Waals surface area contributed by atoms with Crippen molar-refractivity contribution in [1.82, 2.24) is 0 Å². The molecule has 0 aromatic heterocycles. The van der Waals surface area contributed by atoms with Gasteiger partial charge >= 0.3 is 0 Å². The molecule has 1 aromatic rings. The van der Waals surface area contributed by atoms with Crippen LogP contribution in [-0.4, -0.2) is 6.00 Å². The van der Waals surface area contributed by atoms with Crippen LogP contribution in [0.1, 0.15) is 30.9 Å². The largest absolute Gasteiger partial charge is 0.371 e. The molecule has 13 heavy (non-hydrogen) atoms. The smallest absolute Gasteiger partial charge is 0.0901 e. The zero-order chi connectivity index (χ0) is 9.84. The van der Waals surface area contributed by atoms with Gasteiger partial charge in [0, 0.05) is 5.69 Å². The van der Waals surface area contributed by atoms with Gasteiger partial charge in [-0.15, -0.1) is 11.6 Å². The average molecular weight is 198 g/mol. The van der Waals surface area contributed by atoms with Gasteiger partial charge in [0.15, 0.2) is 0 Å². The first-order valence-corrected chi connectivity index (χ1v) is 5.09. The van der Waals surface area contributed by atoms with Crippen molar-refractivity contribution in [3.63, 3.8) is 0 Å². The summed E-state index contributed by atoms with van der Waals surface area (Å²) in [6.07, 6.45) is 0. The van der Waals surface area contributed by atoms with Crippen molar-refractivity contribution in [3.8, 4) is 0 Å².